The molecule has 0 unspecified atom stereocenters. The summed E-state index contributed by atoms with van der Waals surface area (Å²) in [7, 11) is 2.90. The largest absolute Gasteiger partial charge is 0.493 e. The summed E-state index contributed by atoms with van der Waals surface area (Å²) in [5.74, 6) is -0.292. The van der Waals surface area contributed by atoms with E-state index in [1.54, 1.807) is 18.2 Å². The summed E-state index contributed by atoms with van der Waals surface area (Å²) in [6.07, 6.45) is 0. The normalized spacial score (nSPS) is 10.2. The van der Waals surface area contributed by atoms with E-state index in [1.807, 2.05) is 0 Å². The van der Waals surface area contributed by atoms with Gasteiger partial charge in [0.25, 0.3) is 0 Å². The monoisotopic (exact) mass is 397 g/mol. The smallest absolute Gasteiger partial charge is 0.340 e. The zero-order chi connectivity index (χ0) is 19.3. The van der Waals surface area contributed by atoms with E-state index < -0.39 is 5.97 Å². The summed E-state index contributed by atoms with van der Waals surface area (Å²) in [5.41, 5.74) is 0.983. The SMILES string of the molecule is COc1cc(NC(C)=O)c(C(=O)OCc2ccc(Cl)cc2Cl)cc1OC. The highest BCUT2D eigenvalue weighted by Gasteiger charge is 2.19. The van der Waals surface area contributed by atoms with Crippen molar-refractivity contribution in [2.24, 2.45) is 0 Å². The van der Waals surface area contributed by atoms with E-state index in [4.69, 9.17) is 37.4 Å². The Bertz CT molecular complexity index is 839. The van der Waals surface area contributed by atoms with Crippen molar-refractivity contribution in [1.82, 2.24) is 0 Å². The second kappa shape index (κ2) is 8.78. The Morgan fingerprint density at radius 2 is 1.69 bits per heavy atom. The fourth-order valence-corrected chi connectivity index (χ4v) is 2.66. The summed E-state index contributed by atoms with van der Waals surface area (Å²) in [6.45, 7) is 1.28. The molecule has 26 heavy (non-hydrogen) atoms. The summed E-state index contributed by atoms with van der Waals surface area (Å²) >= 11 is 11.9. The number of halogens is 2. The molecule has 0 spiro atoms. The fourth-order valence-electron chi connectivity index (χ4n) is 2.20. The standard InChI is InChI=1S/C18H17Cl2NO5/c1-10(22)21-15-8-17(25-3)16(24-2)7-13(15)18(23)26-9-11-4-5-12(19)6-14(11)20/h4-8H,9H2,1-3H3,(H,21,22). The van der Waals surface area contributed by atoms with Crippen LogP contribution in [0.1, 0.15) is 22.8 Å². The molecule has 0 aliphatic heterocycles. The zero-order valence-electron chi connectivity index (χ0n) is 14.4. The molecule has 0 aromatic heterocycles. The van der Waals surface area contributed by atoms with Crippen LogP contribution in [0.2, 0.25) is 10.0 Å². The Morgan fingerprint density at radius 3 is 2.27 bits per heavy atom. The van der Waals surface area contributed by atoms with Gasteiger partial charge in [0.2, 0.25) is 5.91 Å². The van der Waals surface area contributed by atoms with Crippen LogP contribution in [-0.4, -0.2) is 26.1 Å². The molecule has 0 bridgehead atoms. The average Bonchev–Trinajstić information content (AvgIpc) is 2.59. The number of rotatable bonds is 6. The maximum absolute atomic E-state index is 12.5. The first-order valence-electron chi connectivity index (χ1n) is 7.50. The van der Waals surface area contributed by atoms with Crippen LogP contribution in [0.15, 0.2) is 30.3 Å². The van der Waals surface area contributed by atoms with Gasteiger partial charge >= 0.3 is 5.97 Å². The molecule has 0 saturated carbocycles. The Hall–Kier alpha value is -2.44. The van der Waals surface area contributed by atoms with Crippen LogP contribution in [0.3, 0.4) is 0 Å². The average molecular weight is 398 g/mol. The van der Waals surface area contributed by atoms with Gasteiger partial charge in [-0.1, -0.05) is 29.3 Å². The third-order valence-electron chi connectivity index (χ3n) is 3.43. The van der Waals surface area contributed by atoms with Gasteiger partial charge in [-0.2, -0.15) is 0 Å². The first-order valence-corrected chi connectivity index (χ1v) is 8.26. The van der Waals surface area contributed by atoms with E-state index in [2.05, 4.69) is 5.32 Å². The van der Waals surface area contributed by atoms with Gasteiger partial charge in [0, 0.05) is 34.7 Å². The lowest BCUT2D eigenvalue weighted by Gasteiger charge is -2.15. The molecule has 0 aliphatic rings. The Labute approximate surface area is 160 Å². The van der Waals surface area contributed by atoms with E-state index in [9.17, 15) is 9.59 Å². The van der Waals surface area contributed by atoms with E-state index in [0.29, 0.717) is 27.1 Å². The topological polar surface area (TPSA) is 73.9 Å². The molecule has 1 amide bonds. The highest BCUT2D eigenvalue weighted by Crippen LogP contribution is 2.34. The molecule has 138 valence electrons. The van der Waals surface area contributed by atoms with Crippen molar-refractivity contribution in [1.29, 1.82) is 0 Å². The third-order valence-corrected chi connectivity index (χ3v) is 4.02. The molecule has 2 rings (SSSR count). The van der Waals surface area contributed by atoms with Crippen LogP contribution < -0.4 is 14.8 Å². The van der Waals surface area contributed by atoms with Crippen LogP contribution >= 0.6 is 23.2 Å². The number of hydrogen-bond acceptors (Lipinski definition) is 5. The van der Waals surface area contributed by atoms with Crippen molar-refractivity contribution < 1.29 is 23.8 Å². The Morgan fingerprint density at radius 1 is 1.04 bits per heavy atom. The minimum Gasteiger partial charge on any atom is -0.493 e. The van der Waals surface area contributed by atoms with Gasteiger partial charge < -0.3 is 19.5 Å². The first kappa shape index (κ1) is 19.9. The van der Waals surface area contributed by atoms with Gasteiger partial charge in [-0.15, -0.1) is 0 Å². The first-order chi connectivity index (χ1) is 12.3. The molecule has 0 fully saturated rings. The summed E-state index contributed by atoms with van der Waals surface area (Å²) in [6, 6.07) is 7.81. The number of carbonyl (C=O) groups excluding carboxylic acids is 2. The highest BCUT2D eigenvalue weighted by atomic mass is 35.5. The van der Waals surface area contributed by atoms with Crippen molar-refractivity contribution in [3.05, 3.63) is 51.5 Å². The van der Waals surface area contributed by atoms with Crippen molar-refractivity contribution in [3.63, 3.8) is 0 Å². The second-order valence-corrected chi connectivity index (χ2v) is 6.09. The summed E-state index contributed by atoms with van der Waals surface area (Å²) < 4.78 is 15.7. The lowest BCUT2D eigenvalue weighted by atomic mass is 10.1. The van der Waals surface area contributed by atoms with E-state index in [0.717, 1.165) is 0 Å². The number of anilines is 1. The minimum atomic E-state index is -0.652. The Kier molecular flexibility index (Phi) is 6.71. The number of ether oxygens (including phenoxy) is 3. The molecular formula is C18H17Cl2NO5. The molecule has 2 aromatic carbocycles. The summed E-state index contributed by atoms with van der Waals surface area (Å²) in [5, 5.41) is 3.45. The van der Waals surface area contributed by atoms with Crippen molar-refractivity contribution >= 4 is 40.8 Å². The maximum Gasteiger partial charge on any atom is 0.340 e. The molecule has 1 N–H and O–H groups in total. The number of nitrogens with one attached hydrogen (secondary N) is 1. The highest BCUT2D eigenvalue weighted by molar-refractivity contribution is 6.35. The predicted molar refractivity (Wildman–Crippen MR) is 99.4 cm³/mol. The summed E-state index contributed by atoms with van der Waals surface area (Å²) in [4.78, 5) is 24.0. The van der Waals surface area contributed by atoms with Gasteiger partial charge in [0.15, 0.2) is 11.5 Å². The number of benzene rings is 2. The molecule has 0 radical (unpaired) electrons. The number of carbonyl (C=O) groups is 2. The number of methoxy groups -OCH3 is 2. The van der Waals surface area contributed by atoms with Crippen molar-refractivity contribution in [2.75, 3.05) is 19.5 Å². The lowest BCUT2D eigenvalue weighted by molar-refractivity contribution is -0.114. The van der Waals surface area contributed by atoms with Gasteiger partial charge in [-0.25, -0.2) is 4.79 Å². The van der Waals surface area contributed by atoms with Crippen LogP contribution in [0.25, 0.3) is 0 Å². The Balaban J connectivity index is 2.29. The second-order valence-electron chi connectivity index (χ2n) is 5.25. The van der Waals surface area contributed by atoms with Crippen LogP contribution in [0.4, 0.5) is 5.69 Å². The molecule has 0 atom stereocenters. The third kappa shape index (κ3) is 4.80. The molecule has 8 heteroatoms. The minimum absolute atomic E-state index is 0.0529. The van der Waals surface area contributed by atoms with E-state index in [-0.39, 0.29) is 23.8 Å². The van der Waals surface area contributed by atoms with Crippen LogP contribution in [-0.2, 0) is 16.1 Å². The van der Waals surface area contributed by atoms with Crippen LogP contribution in [0.5, 0.6) is 11.5 Å². The van der Waals surface area contributed by atoms with Gasteiger partial charge in [-0.05, 0) is 12.1 Å². The molecule has 0 heterocycles. The molecule has 2 aromatic rings. The lowest BCUT2D eigenvalue weighted by Crippen LogP contribution is -2.13. The quantitative estimate of drug-likeness (QED) is 0.734. The van der Waals surface area contributed by atoms with E-state index >= 15 is 0 Å². The fraction of sp³-hybridized carbons (Fsp3) is 0.222. The number of hydrogen-bond donors (Lipinski definition) is 1. The van der Waals surface area contributed by atoms with Gasteiger partial charge in [0.05, 0.1) is 25.5 Å². The van der Waals surface area contributed by atoms with Crippen molar-refractivity contribution in [2.45, 2.75) is 13.5 Å². The molecule has 0 saturated heterocycles. The molecule has 0 aliphatic carbocycles. The zero-order valence-corrected chi connectivity index (χ0v) is 15.9. The number of amides is 1. The molecular weight excluding hydrogens is 381 g/mol. The number of esters is 1. The van der Waals surface area contributed by atoms with Gasteiger partial charge in [-0.3, -0.25) is 4.79 Å². The van der Waals surface area contributed by atoms with E-state index in [1.165, 1.54) is 33.3 Å². The molecule has 6 nitrogen and oxygen atoms in total. The van der Waals surface area contributed by atoms with Crippen LogP contribution in [0, 0.1) is 0 Å². The predicted octanol–water partition coefficient (Wildman–Crippen LogP) is 4.33. The van der Waals surface area contributed by atoms with Gasteiger partial charge in [0.1, 0.15) is 6.61 Å². The van der Waals surface area contributed by atoms with Crippen molar-refractivity contribution in [3.8, 4) is 11.5 Å². The maximum atomic E-state index is 12.5.